The Balaban J connectivity index is 0.00000113. The van der Waals surface area contributed by atoms with Crippen LogP contribution in [-0.2, 0) is 6.61 Å². The van der Waals surface area contributed by atoms with Gasteiger partial charge in [-0.3, -0.25) is 0 Å². The molecule has 0 fully saturated rings. The van der Waals surface area contributed by atoms with Crippen molar-refractivity contribution in [2.75, 3.05) is 0 Å². The SMILES string of the molecule is Cl.Cl.OCc1nc2cc(-n3ccnc3)c(-c3ccc(F)cc3)cc2[nH]1. The Bertz CT molecular complexity index is 968. The molecule has 0 bridgehead atoms. The summed E-state index contributed by atoms with van der Waals surface area (Å²) in [6.07, 6.45) is 5.24. The molecule has 5 nitrogen and oxygen atoms in total. The van der Waals surface area contributed by atoms with E-state index >= 15 is 0 Å². The van der Waals surface area contributed by atoms with Gasteiger partial charge in [-0.15, -0.1) is 24.8 Å². The van der Waals surface area contributed by atoms with Crippen LogP contribution in [0.4, 0.5) is 4.39 Å². The van der Waals surface area contributed by atoms with Gasteiger partial charge in [0.15, 0.2) is 0 Å². The number of hydrogen-bond acceptors (Lipinski definition) is 3. The number of aliphatic hydroxyl groups is 1. The van der Waals surface area contributed by atoms with Crippen LogP contribution in [-0.4, -0.2) is 24.6 Å². The molecule has 0 saturated heterocycles. The third-order valence-corrected chi connectivity index (χ3v) is 3.74. The number of H-pyrrole nitrogens is 1. The second kappa shape index (κ2) is 7.65. The molecule has 2 aromatic carbocycles. The number of nitrogens with zero attached hydrogens (tertiary/aromatic N) is 3. The average Bonchev–Trinajstić information content (AvgIpc) is 3.23. The molecule has 2 heterocycles. The smallest absolute Gasteiger partial charge is 0.133 e. The Labute approximate surface area is 155 Å². The molecule has 25 heavy (non-hydrogen) atoms. The van der Waals surface area contributed by atoms with Crippen LogP contribution in [0.1, 0.15) is 5.82 Å². The average molecular weight is 381 g/mol. The lowest BCUT2D eigenvalue weighted by Gasteiger charge is -2.11. The third-order valence-electron chi connectivity index (χ3n) is 3.74. The summed E-state index contributed by atoms with van der Waals surface area (Å²) in [6.45, 7) is -0.152. The van der Waals surface area contributed by atoms with Crippen molar-refractivity contribution in [3.63, 3.8) is 0 Å². The number of halogens is 3. The largest absolute Gasteiger partial charge is 0.388 e. The van der Waals surface area contributed by atoms with Crippen molar-refractivity contribution < 1.29 is 9.50 Å². The number of imidazole rings is 2. The van der Waals surface area contributed by atoms with E-state index in [1.54, 1.807) is 24.7 Å². The van der Waals surface area contributed by atoms with Crippen molar-refractivity contribution in [3.8, 4) is 16.8 Å². The van der Waals surface area contributed by atoms with Crippen LogP contribution < -0.4 is 0 Å². The number of aromatic amines is 1. The molecule has 0 atom stereocenters. The van der Waals surface area contributed by atoms with Crippen molar-refractivity contribution in [2.45, 2.75) is 6.61 Å². The lowest BCUT2D eigenvalue weighted by molar-refractivity contribution is 0.273. The minimum Gasteiger partial charge on any atom is -0.388 e. The predicted molar refractivity (Wildman–Crippen MR) is 99.0 cm³/mol. The molecule has 0 unspecified atom stereocenters. The summed E-state index contributed by atoms with van der Waals surface area (Å²) in [6, 6.07) is 10.2. The Morgan fingerprint density at radius 1 is 1.12 bits per heavy atom. The van der Waals surface area contributed by atoms with Gasteiger partial charge in [-0.1, -0.05) is 12.1 Å². The number of aliphatic hydroxyl groups excluding tert-OH is 1. The van der Waals surface area contributed by atoms with E-state index in [0.717, 1.165) is 27.8 Å². The van der Waals surface area contributed by atoms with Gasteiger partial charge in [0.2, 0.25) is 0 Å². The van der Waals surface area contributed by atoms with Crippen molar-refractivity contribution in [2.24, 2.45) is 0 Å². The van der Waals surface area contributed by atoms with Crippen LogP contribution in [0, 0.1) is 5.82 Å². The Hall–Kier alpha value is -2.41. The second-order valence-electron chi connectivity index (χ2n) is 5.20. The van der Waals surface area contributed by atoms with Gasteiger partial charge in [0.25, 0.3) is 0 Å². The van der Waals surface area contributed by atoms with Crippen molar-refractivity contribution in [3.05, 3.63) is 66.8 Å². The van der Waals surface area contributed by atoms with E-state index in [1.165, 1.54) is 12.1 Å². The maximum absolute atomic E-state index is 13.2. The van der Waals surface area contributed by atoms with Crippen LogP contribution in [0.5, 0.6) is 0 Å². The molecule has 0 aliphatic heterocycles. The first-order chi connectivity index (χ1) is 11.2. The van der Waals surface area contributed by atoms with Crippen LogP contribution in [0.3, 0.4) is 0 Å². The Morgan fingerprint density at radius 2 is 1.88 bits per heavy atom. The first-order valence-corrected chi connectivity index (χ1v) is 7.12. The zero-order valence-corrected chi connectivity index (χ0v) is 14.5. The molecule has 0 radical (unpaired) electrons. The minimum absolute atomic E-state index is 0. The standard InChI is InChI=1S/C17H13FN4O.2ClH/c18-12-3-1-11(2-4-12)13-7-14-15(21-17(9-23)20-14)8-16(13)22-6-5-19-10-22;;/h1-8,10,23H,9H2,(H,20,21);2*1H. The molecular formula is C17H15Cl2FN4O. The van der Waals surface area contributed by atoms with Gasteiger partial charge < -0.3 is 14.7 Å². The van der Waals surface area contributed by atoms with Crippen LogP contribution >= 0.6 is 24.8 Å². The number of nitrogens with one attached hydrogen (secondary N) is 1. The number of rotatable bonds is 3. The molecule has 0 saturated carbocycles. The van der Waals surface area contributed by atoms with Crippen molar-refractivity contribution in [1.82, 2.24) is 19.5 Å². The van der Waals surface area contributed by atoms with Gasteiger partial charge in [0, 0.05) is 18.0 Å². The van der Waals surface area contributed by atoms with E-state index in [-0.39, 0.29) is 37.2 Å². The summed E-state index contributed by atoms with van der Waals surface area (Å²) in [4.78, 5) is 11.5. The summed E-state index contributed by atoms with van der Waals surface area (Å²) >= 11 is 0. The van der Waals surface area contributed by atoms with Gasteiger partial charge in [0.05, 0.1) is 23.0 Å². The van der Waals surface area contributed by atoms with Crippen LogP contribution in [0.2, 0.25) is 0 Å². The maximum atomic E-state index is 13.2. The Kier molecular flexibility index (Phi) is 5.79. The van der Waals surface area contributed by atoms with Crippen molar-refractivity contribution in [1.29, 1.82) is 0 Å². The van der Waals surface area contributed by atoms with Gasteiger partial charge in [-0.25, -0.2) is 14.4 Å². The monoisotopic (exact) mass is 380 g/mol. The van der Waals surface area contributed by atoms with E-state index in [2.05, 4.69) is 15.0 Å². The fourth-order valence-corrected chi connectivity index (χ4v) is 2.65. The van der Waals surface area contributed by atoms with Gasteiger partial charge in [0.1, 0.15) is 18.2 Å². The molecule has 8 heteroatoms. The zero-order chi connectivity index (χ0) is 15.8. The maximum Gasteiger partial charge on any atom is 0.133 e. The summed E-state index contributed by atoms with van der Waals surface area (Å²) in [7, 11) is 0. The van der Waals surface area contributed by atoms with E-state index in [9.17, 15) is 9.50 Å². The minimum atomic E-state index is -0.275. The summed E-state index contributed by atoms with van der Waals surface area (Å²) in [5, 5.41) is 9.26. The molecule has 2 aromatic heterocycles. The predicted octanol–water partition coefficient (Wildman–Crippen LogP) is 3.89. The fourth-order valence-electron chi connectivity index (χ4n) is 2.65. The molecule has 0 aliphatic carbocycles. The van der Waals surface area contributed by atoms with Gasteiger partial charge >= 0.3 is 0 Å². The van der Waals surface area contributed by atoms with Gasteiger partial charge in [-0.2, -0.15) is 0 Å². The third kappa shape index (κ3) is 3.51. The van der Waals surface area contributed by atoms with Crippen molar-refractivity contribution >= 4 is 35.8 Å². The zero-order valence-electron chi connectivity index (χ0n) is 12.9. The first-order valence-electron chi connectivity index (χ1n) is 7.12. The molecule has 0 aliphatic rings. The number of hydrogen-bond donors (Lipinski definition) is 2. The van der Waals surface area contributed by atoms with Gasteiger partial charge in [-0.05, 0) is 29.8 Å². The molecular weight excluding hydrogens is 366 g/mol. The van der Waals surface area contributed by atoms with E-state index in [0.29, 0.717) is 5.82 Å². The number of aromatic nitrogens is 4. The molecule has 2 N–H and O–H groups in total. The first kappa shape index (κ1) is 18.9. The normalized spacial score (nSPS) is 10.3. The van der Waals surface area contributed by atoms with E-state index in [4.69, 9.17) is 0 Å². The highest BCUT2D eigenvalue weighted by molar-refractivity contribution is 5.88. The molecule has 130 valence electrons. The second-order valence-corrected chi connectivity index (χ2v) is 5.20. The number of benzene rings is 2. The highest BCUT2D eigenvalue weighted by Gasteiger charge is 2.12. The summed E-state index contributed by atoms with van der Waals surface area (Å²) < 4.78 is 15.1. The lowest BCUT2D eigenvalue weighted by atomic mass is 10.0. The molecule has 4 rings (SSSR count). The Morgan fingerprint density at radius 3 is 2.52 bits per heavy atom. The van der Waals surface area contributed by atoms with Crippen LogP contribution in [0.15, 0.2) is 55.1 Å². The fraction of sp³-hybridized carbons (Fsp3) is 0.0588. The van der Waals surface area contributed by atoms with E-state index < -0.39 is 0 Å². The summed E-state index contributed by atoms with van der Waals surface area (Å²) in [5.74, 6) is 0.232. The number of fused-ring (bicyclic) bond motifs is 1. The molecule has 0 amide bonds. The quantitative estimate of drug-likeness (QED) is 0.566. The molecule has 0 spiro atoms. The summed E-state index contributed by atoms with van der Waals surface area (Å²) in [5.41, 5.74) is 4.26. The lowest BCUT2D eigenvalue weighted by Crippen LogP contribution is -1.95. The van der Waals surface area contributed by atoms with E-state index in [1.807, 2.05) is 22.9 Å². The highest BCUT2D eigenvalue weighted by Crippen LogP contribution is 2.30. The van der Waals surface area contributed by atoms with Crippen LogP contribution in [0.25, 0.3) is 27.8 Å². The molecule has 4 aromatic rings. The highest BCUT2D eigenvalue weighted by atomic mass is 35.5. The topological polar surface area (TPSA) is 66.7 Å².